The maximum absolute atomic E-state index is 12.5. The normalized spacial score (nSPS) is 17.5. The molecule has 0 spiro atoms. The number of nitrogens with one attached hydrogen (secondary N) is 1. The third-order valence-electron chi connectivity index (χ3n) is 7.03. The van der Waals surface area contributed by atoms with Crippen LogP contribution in [0.25, 0.3) is 11.0 Å². The van der Waals surface area contributed by atoms with Gasteiger partial charge in [0.2, 0.25) is 0 Å². The van der Waals surface area contributed by atoms with Crippen LogP contribution < -0.4 is 4.74 Å². The third kappa shape index (κ3) is 5.21. The Labute approximate surface area is 202 Å². The van der Waals surface area contributed by atoms with E-state index >= 15 is 0 Å². The summed E-state index contributed by atoms with van der Waals surface area (Å²) < 4.78 is 6.08. The maximum atomic E-state index is 12.5. The van der Waals surface area contributed by atoms with Crippen molar-refractivity contribution in [3.8, 4) is 11.5 Å². The highest BCUT2D eigenvalue weighted by Gasteiger charge is 2.41. The van der Waals surface area contributed by atoms with Crippen LogP contribution in [0.1, 0.15) is 77.7 Å². The molecule has 2 aromatic carbocycles. The lowest BCUT2D eigenvalue weighted by atomic mass is 9.73. The second-order valence-electron chi connectivity index (χ2n) is 11.5. The molecule has 1 amide bonds. The molecule has 4 rings (SSSR count). The van der Waals surface area contributed by atoms with Crippen LogP contribution in [0.15, 0.2) is 42.5 Å². The summed E-state index contributed by atoms with van der Waals surface area (Å²) in [6, 6.07) is 13.5. The highest BCUT2D eigenvalue weighted by molar-refractivity contribution is 5.76. The Balaban J connectivity index is 1.58. The molecule has 1 aliphatic carbocycles. The highest BCUT2D eigenvalue weighted by Crippen LogP contribution is 2.44. The lowest BCUT2D eigenvalue weighted by molar-refractivity contribution is 0.0279. The highest BCUT2D eigenvalue weighted by atomic mass is 16.5. The van der Waals surface area contributed by atoms with Crippen LogP contribution in [0, 0.1) is 17.8 Å². The average molecular weight is 464 g/mol. The summed E-state index contributed by atoms with van der Waals surface area (Å²) in [5, 5.41) is 10.3. The first-order valence-corrected chi connectivity index (χ1v) is 12.2. The second-order valence-corrected chi connectivity index (χ2v) is 11.5. The summed E-state index contributed by atoms with van der Waals surface area (Å²) in [6.07, 6.45) is 3.06. The minimum atomic E-state index is -0.840. The van der Waals surface area contributed by atoms with Crippen molar-refractivity contribution in [2.24, 2.45) is 10.8 Å². The van der Waals surface area contributed by atoms with Crippen LogP contribution in [0.3, 0.4) is 0 Å². The molecule has 3 aromatic rings. The summed E-state index contributed by atoms with van der Waals surface area (Å²) in [5.74, 6) is 2.30. The van der Waals surface area contributed by atoms with E-state index in [9.17, 15) is 9.90 Å². The van der Waals surface area contributed by atoms with Crippen molar-refractivity contribution in [3.05, 3.63) is 53.9 Å². The van der Waals surface area contributed by atoms with Crippen LogP contribution in [0.4, 0.5) is 4.79 Å². The standard InChI is InChI=1S/C28H37N3O3/c1-18-29-23-12-11-22(17-24(23)30-18)34-21-9-7-19(8-10-21)25(27(2,3)4)31(26(32)33)20-13-15-28(5,6)16-14-20/h7-12,17,20,25H,13-16H2,1-6H3,(H,29,30)(H,32,33). The molecule has 1 aromatic heterocycles. The third-order valence-corrected chi connectivity index (χ3v) is 7.03. The van der Waals surface area contributed by atoms with Gasteiger partial charge in [-0.25, -0.2) is 9.78 Å². The van der Waals surface area contributed by atoms with Gasteiger partial charge in [0, 0.05) is 12.1 Å². The molecule has 1 saturated carbocycles. The van der Waals surface area contributed by atoms with Crippen molar-refractivity contribution in [1.82, 2.24) is 14.9 Å². The van der Waals surface area contributed by atoms with Crippen LogP contribution in [-0.2, 0) is 0 Å². The van der Waals surface area contributed by atoms with E-state index in [-0.39, 0.29) is 22.9 Å². The smallest absolute Gasteiger partial charge is 0.408 e. The number of amides is 1. The minimum absolute atomic E-state index is 0.0368. The molecule has 0 radical (unpaired) electrons. The van der Waals surface area contributed by atoms with E-state index < -0.39 is 6.09 Å². The number of imidazole rings is 1. The Morgan fingerprint density at radius 3 is 2.32 bits per heavy atom. The maximum Gasteiger partial charge on any atom is 0.408 e. The van der Waals surface area contributed by atoms with Crippen molar-refractivity contribution in [3.63, 3.8) is 0 Å². The Morgan fingerprint density at radius 1 is 1.12 bits per heavy atom. The quantitative estimate of drug-likeness (QED) is 0.406. The first-order chi connectivity index (χ1) is 15.9. The summed E-state index contributed by atoms with van der Waals surface area (Å²) in [5.41, 5.74) is 2.87. The van der Waals surface area contributed by atoms with E-state index in [4.69, 9.17) is 4.74 Å². The zero-order chi connectivity index (χ0) is 24.7. The lowest BCUT2D eigenvalue weighted by Gasteiger charge is -2.46. The molecular weight excluding hydrogens is 426 g/mol. The number of hydrogen-bond donors (Lipinski definition) is 2. The number of carboxylic acid groups (broad SMARTS) is 1. The molecule has 1 heterocycles. The molecule has 1 atom stereocenters. The van der Waals surface area contributed by atoms with Gasteiger partial charge in [-0.3, -0.25) is 4.90 Å². The number of aromatic nitrogens is 2. The van der Waals surface area contributed by atoms with E-state index in [1.54, 1.807) is 4.90 Å². The fourth-order valence-corrected chi connectivity index (χ4v) is 5.25. The monoisotopic (exact) mass is 463 g/mol. The lowest BCUT2D eigenvalue weighted by Crippen LogP contribution is -2.48. The molecule has 1 aliphatic rings. The molecule has 0 bridgehead atoms. The van der Waals surface area contributed by atoms with Gasteiger partial charge >= 0.3 is 6.09 Å². The molecule has 6 nitrogen and oxygen atoms in total. The fraction of sp³-hybridized carbons (Fsp3) is 0.500. The zero-order valence-corrected chi connectivity index (χ0v) is 21.2. The van der Waals surface area contributed by atoms with Crippen molar-refractivity contribution in [2.45, 2.75) is 79.3 Å². The first kappa shape index (κ1) is 24.1. The van der Waals surface area contributed by atoms with Crippen LogP contribution in [-0.4, -0.2) is 32.1 Å². The number of nitrogens with zero attached hydrogens (tertiary/aromatic N) is 2. The molecule has 6 heteroatoms. The molecule has 0 aliphatic heterocycles. The Bertz CT molecular complexity index is 1150. The molecule has 1 unspecified atom stereocenters. The molecular formula is C28H37N3O3. The van der Waals surface area contributed by atoms with Gasteiger partial charge in [-0.1, -0.05) is 46.8 Å². The van der Waals surface area contributed by atoms with Crippen LogP contribution in [0.2, 0.25) is 0 Å². The number of fused-ring (bicyclic) bond motifs is 1. The van der Waals surface area contributed by atoms with Gasteiger partial charge in [0.25, 0.3) is 0 Å². The molecule has 34 heavy (non-hydrogen) atoms. The number of hydrogen-bond acceptors (Lipinski definition) is 3. The number of aryl methyl sites for hydroxylation is 1. The van der Waals surface area contributed by atoms with Crippen molar-refractivity contribution in [1.29, 1.82) is 0 Å². The molecule has 182 valence electrons. The predicted octanol–water partition coefficient (Wildman–Crippen LogP) is 7.70. The van der Waals surface area contributed by atoms with Gasteiger partial charge < -0.3 is 14.8 Å². The van der Waals surface area contributed by atoms with Gasteiger partial charge in [-0.15, -0.1) is 0 Å². The topological polar surface area (TPSA) is 78.4 Å². The second kappa shape index (κ2) is 8.97. The van der Waals surface area contributed by atoms with E-state index in [1.807, 2.05) is 49.4 Å². The Kier molecular flexibility index (Phi) is 6.36. The first-order valence-electron chi connectivity index (χ1n) is 12.2. The average Bonchev–Trinajstić information content (AvgIpc) is 3.11. The van der Waals surface area contributed by atoms with E-state index in [1.165, 1.54) is 0 Å². The van der Waals surface area contributed by atoms with Gasteiger partial charge in [0.15, 0.2) is 0 Å². The number of H-pyrrole nitrogens is 1. The summed E-state index contributed by atoms with van der Waals surface area (Å²) in [7, 11) is 0. The van der Waals surface area contributed by atoms with Gasteiger partial charge in [0.1, 0.15) is 17.3 Å². The van der Waals surface area contributed by atoms with Crippen molar-refractivity contribution in [2.75, 3.05) is 0 Å². The number of rotatable bonds is 5. The van der Waals surface area contributed by atoms with E-state index in [2.05, 4.69) is 44.6 Å². The molecule has 0 saturated heterocycles. The van der Waals surface area contributed by atoms with Crippen molar-refractivity contribution >= 4 is 17.1 Å². The minimum Gasteiger partial charge on any atom is -0.465 e. The van der Waals surface area contributed by atoms with E-state index in [0.717, 1.165) is 53.9 Å². The largest absolute Gasteiger partial charge is 0.465 e. The number of carbonyl (C=O) groups is 1. The van der Waals surface area contributed by atoms with Crippen molar-refractivity contribution < 1.29 is 14.6 Å². The van der Waals surface area contributed by atoms with Crippen LogP contribution >= 0.6 is 0 Å². The van der Waals surface area contributed by atoms with Crippen LogP contribution in [0.5, 0.6) is 11.5 Å². The van der Waals surface area contributed by atoms with E-state index in [0.29, 0.717) is 5.75 Å². The van der Waals surface area contributed by atoms with Gasteiger partial charge in [-0.2, -0.15) is 0 Å². The number of ether oxygens (including phenoxy) is 1. The summed E-state index contributed by atoms with van der Waals surface area (Å²) >= 11 is 0. The SMILES string of the molecule is Cc1nc2cc(Oc3ccc(C(N(C(=O)O)C4CCC(C)(C)CC4)C(C)(C)C)cc3)ccc2[nH]1. The fourth-order valence-electron chi connectivity index (χ4n) is 5.25. The van der Waals surface area contributed by atoms with Gasteiger partial charge in [0.05, 0.1) is 17.1 Å². The Hall–Kier alpha value is -3.02. The summed E-state index contributed by atoms with van der Waals surface area (Å²) in [6.45, 7) is 12.8. The zero-order valence-electron chi connectivity index (χ0n) is 21.2. The van der Waals surface area contributed by atoms with Gasteiger partial charge in [-0.05, 0) is 73.3 Å². The summed E-state index contributed by atoms with van der Waals surface area (Å²) in [4.78, 5) is 21.9. The molecule has 1 fully saturated rings. The Morgan fingerprint density at radius 2 is 1.74 bits per heavy atom. The number of aromatic amines is 1. The number of benzene rings is 2. The predicted molar refractivity (Wildman–Crippen MR) is 135 cm³/mol. The molecule has 2 N–H and O–H groups in total.